The van der Waals surface area contributed by atoms with Gasteiger partial charge in [0.2, 0.25) is 0 Å². The van der Waals surface area contributed by atoms with E-state index in [1.807, 2.05) is 13.1 Å². The minimum absolute atomic E-state index is 0.0747. The molecule has 0 bridgehead atoms. The maximum absolute atomic E-state index is 11.1. The molecule has 1 aliphatic rings. The lowest BCUT2D eigenvalue weighted by atomic mass is 10.1. The molecule has 0 saturated carbocycles. The standard InChI is InChI=1S/C9H11NO/c1-6-8-4-2-3-7(8)5-10-9(6)11/h5H,2-4H2,1H3,(H,10,11). The van der Waals surface area contributed by atoms with Crippen LogP contribution >= 0.6 is 0 Å². The first-order valence-electron chi connectivity index (χ1n) is 3.99. The lowest BCUT2D eigenvalue weighted by molar-refractivity contribution is 0.909. The van der Waals surface area contributed by atoms with Gasteiger partial charge in [-0.25, -0.2) is 0 Å². The average molecular weight is 149 g/mol. The monoisotopic (exact) mass is 149 g/mol. The van der Waals surface area contributed by atoms with Crippen LogP contribution in [0.2, 0.25) is 0 Å². The highest BCUT2D eigenvalue weighted by molar-refractivity contribution is 5.34. The van der Waals surface area contributed by atoms with Crippen molar-refractivity contribution in [2.45, 2.75) is 26.2 Å². The number of aryl methyl sites for hydroxylation is 1. The summed E-state index contributed by atoms with van der Waals surface area (Å²) in [6, 6.07) is 0. The van der Waals surface area contributed by atoms with Gasteiger partial charge in [-0.2, -0.15) is 0 Å². The summed E-state index contributed by atoms with van der Waals surface area (Å²) in [4.78, 5) is 13.9. The number of aromatic nitrogens is 1. The van der Waals surface area contributed by atoms with Crippen molar-refractivity contribution < 1.29 is 0 Å². The molecule has 11 heavy (non-hydrogen) atoms. The molecule has 0 unspecified atom stereocenters. The average Bonchev–Trinajstić information content (AvgIpc) is 2.45. The summed E-state index contributed by atoms with van der Waals surface area (Å²) in [5.74, 6) is 0. The smallest absolute Gasteiger partial charge is 0.251 e. The van der Waals surface area contributed by atoms with Crippen LogP contribution in [0.3, 0.4) is 0 Å². The summed E-state index contributed by atoms with van der Waals surface area (Å²) in [6.07, 6.45) is 5.28. The largest absolute Gasteiger partial charge is 0.329 e. The van der Waals surface area contributed by atoms with Gasteiger partial charge in [0.1, 0.15) is 0 Å². The van der Waals surface area contributed by atoms with E-state index in [-0.39, 0.29) is 5.56 Å². The Morgan fingerprint density at radius 1 is 1.45 bits per heavy atom. The Kier molecular flexibility index (Phi) is 1.34. The minimum atomic E-state index is 0.0747. The summed E-state index contributed by atoms with van der Waals surface area (Å²) < 4.78 is 0. The van der Waals surface area contributed by atoms with E-state index < -0.39 is 0 Å². The Balaban J connectivity index is 2.72. The Labute approximate surface area is 65.3 Å². The number of aromatic amines is 1. The van der Waals surface area contributed by atoms with Gasteiger partial charge in [0.05, 0.1) is 0 Å². The molecular formula is C9H11NO. The van der Waals surface area contributed by atoms with Crippen LogP contribution in [0.25, 0.3) is 0 Å². The summed E-state index contributed by atoms with van der Waals surface area (Å²) >= 11 is 0. The van der Waals surface area contributed by atoms with Gasteiger partial charge in [-0.05, 0) is 37.3 Å². The summed E-state index contributed by atoms with van der Waals surface area (Å²) in [5.41, 5.74) is 3.61. The maximum Gasteiger partial charge on any atom is 0.251 e. The quantitative estimate of drug-likeness (QED) is 0.590. The lowest BCUT2D eigenvalue weighted by Crippen LogP contribution is -2.11. The molecule has 1 aromatic heterocycles. The van der Waals surface area contributed by atoms with Crippen molar-refractivity contribution in [1.82, 2.24) is 4.98 Å². The van der Waals surface area contributed by atoms with E-state index >= 15 is 0 Å². The van der Waals surface area contributed by atoms with Crippen LogP contribution in [-0.4, -0.2) is 4.98 Å². The summed E-state index contributed by atoms with van der Waals surface area (Å²) in [7, 11) is 0. The first-order valence-corrected chi connectivity index (χ1v) is 3.99. The molecule has 58 valence electrons. The molecule has 0 radical (unpaired) electrons. The first kappa shape index (κ1) is 6.65. The van der Waals surface area contributed by atoms with Gasteiger partial charge < -0.3 is 4.98 Å². The molecule has 1 heterocycles. The summed E-state index contributed by atoms with van der Waals surface area (Å²) in [5, 5.41) is 0. The fourth-order valence-electron chi connectivity index (χ4n) is 1.75. The number of H-pyrrole nitrogens is 1. The van der Waals surface area contributed by atoms with Gasteiger partial charge in [0.15, 0.2) is 0 Å². The number of rotatable bonds is 0. The zero-order valence-electron chi connectivity index (χ0n) is 6.61. The van der Waals surface area contributed by atoms with E-state index in [9.17, 15) is 4.79 Å². The third-order valence-corrected chi connectivity index (χ3v) is 2.43. The van der Waals surface area contributed by atoms with Gasteiger partial charge in [0, 0.05) is 11.8 Å². The van der Waals surface area contributed by atoms with Gasteiger partial charge in [-0.3, -0.25) is 4.79 Å². The maximum atomic E-state index is 11.1. The van der Waals surface area contributed by atoms with Crippen LogP contribution in [0.1, 0.15) is 23.1 Å². The molecule has 1 aromatic rings. The zero-order chi connectivity index (χ0) is 7.84. The lowest BCUT2D eigenvalue weighted by Gasteiger charge is -2.00. The Morgan fingerprint density at radius 2 is 2.27 bits per heavy atom. The van der Waals surface area contributed by atoms with E-state index in [0.29, 0.717) is 0 Å². The highest BCUT2D eigenvalue weighted by Gasteiger charge is 2.13. The normalized spacial score (nSPS) is 15.0. The molecule has 0 amide bonds. The van der Waals surface area contributed by atoms with Gasteiger partial charge in [-0.15, -0.1) is 0 Å². The Bertz CT molecular complexity index is 338. The number of pyridine rings is 1. The van der Waals surface area contributed by atoms with Crippen molar-refractivity contribution in [3.05, 3.63) is 33.2 Å². The molecule has 2 rings (SSSR count). The molecular weight excluding hydrogens is 138 g/mol. The number of hydrogen-bond acceptors (Lipinski definition) is 1. The Morgan fingerprint density at radius 3 is 3.09 bits per heavy atom. The zero-order valence-corrected chi connectivity index (χ0v) is 6.61. The van der Waals surface area contributed by atoms with Crippen molar-refractivity contribution >= 4 is 0 Å². The minimum Gasteiger partial charge on any atom is -0.329 e. The van der Waals surface area contributed by atoms with Crippen molar-refractivity contribution in [2.24, 2.45) is 0 Å². The van der Waals surface area contributed by atoms with Gasteiger partial charge in [0.25, 0.3) is 5.56 Å². The second kappa shape index (κ2) is 2.22. The summed E-state index contributed by atoms with van der Waals surface area (Å²) in [6.45, 7) is 1.91. The second-order valence-electron chi connectivity index (χ2n) is 3.10. The van der Waals surface area contributed by atoms with Crippen LogP contribution in [0, 0.1) is 6.92 Å². The number of fused-ring (bicyclic) bond motifs is 1. The van der Waals surface area contributed by atoms with E-state index in [1.54, 1.807) is 0 Å². The first-order chi connectivity index (χ1) is 5.29. The molecule has 2 nitrogen and oxygen atoms in total. The predicted octanol–water partition coefficient (Wildman–Crippen LogP) is 1.17. The fourth-order valence-corrected chi connectivity index (χ4v) is 1.75. The van der Waals surface area contributed by atoms with Crippen molar-refractivity contribution in [2.75, 3.05) is 0 Å². The molecule has 0 fully saturated rings. The SMILES string of the molecule is Cc1c2c(c[nH]c1=O)CCC2. The van der Waals surface area contributed by atoms with Crippen LogP contribution in [0.15, 0.2) is 11.0 Å². The van der Waals surface area contributed by atoms with E-state index in [1.165, 1.54) is 17.5 Å². The molecule has 1 aliphatic carbocycles. The fraction of sp³-hybridized carbons (Fsp3) is 0.444. The van der Waals surface area contributed by atoms with Crippen LogP contribution < -0.4 is 5.56 Å². The molecule has 0 spiro atoms. The van der Waals surface area contributed by atoms with Crippen LogP contribution in [-0.2, 0) is 12.8 Å². The van der Waals surface area contributed by atoms with Gasteiger partial charge in [-0.1, -0.05) is 0 Å². The molecule has 0 atom stereocenters. The molecule has 0 aliphatic heterocycles. The Hall–Kier alpha value is -1.05. The van der Waals surface area contributed by atoms with Crippen LogP contribution in [0.5, 0.6) is 0 Å². The molecule has 2 heteroatoms. The predicted molar refractivity (Wildman–Crippen MR) is 43.8 cm³/mol. The second-order valence-corrected chi connectivity index (χ2v) is 3.10. The molecule has 0 saturated heterocycles. The van der Waals surface area contributed by atoms with Gasteiger partial charge >= 0.3 is 0 Å². The molecule has 0 aromatic carbocycles. The third-order valence-electron chi connectivity index (χ3n) is 2.43. The molecule has 1 N–H and O–H groups in total. The topological polar surface area (TPSA) is 32.9 Å². The number of hydrogen-bond donors (Lipinski definition) is 1. The van der Waals surface area contributed by atoms with Crippen LogP contribution in [0.4, 0.5) is 0 Å². The number of nitrogens with one attached hydrogen (secondary N) is 1. The van der Waals surface area contributed by atoms with Crippen molar-refractivity contribution in [1.29, 1.82) is 0 Å². The highest BCUT2D eigenvalue weighted by atomic mass is 16.1. The van der Waals surface area contributed by atoms with E-state index in [0.717, 1.165) is 18.4 Å². The van der Waals surface area contributed by atoms with E-state index in [4.69, 9.17) is 0 Å². The van der Waals surface area contributed by atoms with Crippen molar-refractivity contribution in [3.63, 3.8) is 0 Å². The third kappa shape index (κ3) is 0.897. The van der Waals surface area contributed by atoms with Crippen molar-refractivity contribution in [3.8, 4) is 0 Å². The highest BCUT2D eigenvalue weighted by Crippen LogP contribution is 2.21. The van der Waals surface area contributed by atoms with E-state index in [2.05, 4.69) is 4.98 Å².